The third kappa shape index (κ3) is 1.95. The highest BCUT2D eigenvalue weighted by atomic mass is 16.4. The van der Waals surface area contributed by atoms with Crippen LogP contribution in [0.15, 0.2) is 0 Å². The van der Waals surface area contributed by atoms with Crippen LogP contribution < -0.4 is 0 Å². The van der Waals surface area contributed by atoms with Crippen molar-refractivity contribution in [3.63, 3.8) is 0 Å². The summed E-state index contributed by atoms with van der Waals surface area (Å²) in [7, 11) is 0. The highest BCUT2D eigenvalue weighted by Crippen LogP contribution is 2.36. The molecule has 0 bridgehead atoms. The highest BCUT2D eigenvalue weighted by Gasteiger charge is 2.58. The SMILES string of the molecule is CCN1C(=O)C2(CC1C)CN(C(=O)O)CCN2C(=O)O. The van der Waals surface area contributed by atoms with Gasteiger partial charge in [-0.3, -0.25) is 9.69 Å². The second kappa shape index (κ2) is 4.84. The Morgan fingerprint density at radius 1 is 1.30 bits per heavy atom. The predicted octanol–water partition coefficient (Wildman–Crippen LogP) is 0.340. The second-order valence-corrected chi connectivity index (χ2v) is 5.31. The number of hydrogen-bond acceptors (Lipinski definition) is 3. The number of carboxylic acid groups (broad SMARTS) is 2. The molecule has 112 valence electrons. The topological polar surface area (TPSA) is 101 Å². The van der Waals surface area contributed by atoms with Crippen molar-refractivity contribution in [2.24, 2.45) is 0 Å². The van der Waals surface area contributed by atoms with Crippen molar-refractivity contribution in [1.82, 2.24) is 14.7 Å². The number of hydrogen-bond donors (Lipinski definition) is 2. The number of carbonyl (C=O) groups is 3. The molecule has 1 spiro atoms. The van der Waals surface area contributed by atoms with Gasteiger partial charge in [-0.2, -0.15) is 0 Å². The van der Waals surface area contributed by atoms with Gasteiger partial charge >= 0.3 is 12.2 Å². The lowest BCUT2D eigenvalue weighted by Crippen LogP contribution is -2.67. The van der Waals surface area contributed by atoms with Crippen molar-refractivity contribution in [3.8, 4) is 0 Å². The van der Waals surface area contributed by atoms with E-state index in [0.717, 1.165) is 9.80 Å². The third-order valence-corrected chi connectivity index (χ3v) is 4.23. The van der Waals surface area contributed by atoms with E-state index in [4.69, 9.17) is 5.11 Å². The molecule has 0 aliphatic carbocycles. The molecule has 0 aromatic heterocycles. The van der Waals surface area contributed by atoms with Gasteiger partial charge in [0.05, 0.1) is 6.54 Å². The predicted molar refractivity (Wildman–Crippen MR) is 68.5 cm³/mol. The summed E-state index contributed by atoms with van der Waals surface area (Å²) in [6.45, 7) is 4.21. The Balaban J connectivity index is 2.39. The lowest BCUT2D eigenvalue weighted by atomic mass is 9.90. The Morgan fingerprint density at radius 2 is 1.95 bits per heavy atom. The minimum Gasteiger partial charge on any atom is -0.465 e. The fourth-order valence-corrected chi connectivity index (χ4v) is 3.32. The summed E-state index contributed by atoms with van der Waals surface area (Å²) < 4.78 is 0. The average Bonchev–Trinajstić information content (AvgIpc) is 2.60. The Hall–Kier alpha value is -1.99. The van der Waals surface area contributed by atoms with E-state index in [9.17, 15) is 19.5 Å². The van der Waals surface area contributed by atoms with Gasteiger partial charge in [0.25, 0.3) is 5.91 Å². The highest BCUT2D eigenvalue weighted by molar-refractivity contribution is 5.93. The normalized spacial score (nSPS) is 30.2. The van der Waals surface area contributed by atoms with E-state index < -0.39 is 17.7 Å². The maximum absolute atomic E-state index is 12.6. The minimum absolute atomic E-state index is 0.0254. The smallest absolute Gasteiger partial charge is 0.408 e. The zero-order chi connectivity index (χ0) is 15.1. The van der Waals surface area contributed by atoms with Gasteiger partial charge in [-0.05, 0) is 13.8 Å². The van der Waals surface area contributed by atoms with E-state index in [1.165, 1.54) is 0 Å². The molecule has 8 heteroatoms. The maximum atomic E-state index is 12.6. The van der Waals surface area contributed by atoms with Crippen LogP contribution >= 0.6 is 0 Å². The second-order valence-electron chi connectivity index (χ2n) is 5.31. The molecule has 2 fully saturated rings. The molecular weight excluding hydrogens is 266 g/mol. The van der Waals surface area contributed by atoms with Crippen molar-refractivity contribution >= 4 is 18.1 Å². The Morgan fingerprint density at radius 3 is 2.40 bits per heavy atom. The zero-order valence-electron chi connectivity index (χ0n) is 11.6. The van der Waals surface area contributed by atoms with Crippen molar-refractivity contribution in [3.05, 3.63) is 0 Å². The Kier molecular flexibility index (Phi) is 3.49. The third-order valence-electron chi connectivity index (χ3n) is 4.23. The summed E-state index contributed by atoms with van der Waals surface area (Å²) in [6, 6.07) is -0.0944. The van der Waals surface area contributed by atoms with E-state index >= 15 is 0 Å². The first-order valence-corrected chi connectivity index (χ1v) is 6.63. The molecule has 2 unspecified atom stereocenters. The van der Waals surface area contributed by atoms with Crippen LogP contribution in [0.3, 0.4) is 0 Å². The maximum Gasteiger partial charge on any atom is 0.408 e. The summed E-state index contributed by atoms with van der Waals surface area (Å²) in [6.07, 6.45) is -1.96. The van der Waals surface area contributed by atoms with E-state index in [0.29, 0.717) is 13.0 Å². The van der Waals surface area contributed by atoms with Gasteiger partial charge < -0.3 is 20.0 Å². The lowest BCUT2D eigenvalue weighted by Gasteiger charge is -2.45. The van der Waals surface area contributed by atoms with Gasteiger partial charge in [-0.1, -0.05) is 0 Å². The van der Waals surface area contributed by atoms with Crippen LogP contribution in [-0.4, -0.2) is 80.8 Å². The molecule has 2 rings (SSSR count). The van der Waals surface area contributed by atoms with Crippen LogP contribution in [0.25, 0.3) is 0 Å². The van der Waals surface area contributed by atoms with Crippen LogP contribution in [0.1, 0.15) is 20.3 Å². The van der Waals surface area contributed by atoms with Crippen molar-refractivity contribution in [2.45, 2.75) is 31.8 Å². The zero-order valence-corrected chi connectivity index (χ0v) is 11.6. The van der Waals surface area contributed by atoms with Crippen LogP contribution in [0, 0.1) is 0 Å². The molecule has 2 heterocycles. The molecule has 0 saturated carbocycles. The number of amides is 3. The van der Waals surface area contributed by atoms with E-state index in [-0.39, 0.29) is 31.6 Å². The van der Waals surface area contributed by atoms with Gasteiger partial charge in [-0.25, -0.2) is 9.59 Å². The molecule has 2 saturated heterocycles. The van der Waals surface area contributed by atoms with Crippen LogP contribution in [-0.2, 0) is 4.79 Å². The number of carbonyl (C=O) groups excluding carboxylic acids is 1. The molecule has 20 heavy (non-hydrogen) atoms. The molecule has 3 amide bonds. The molecular formula is C12H19N3O5. The fraction of sp³-hybridized carbons (Fsp3) is 0.750. The summed E-state index contributed by atoms with van der Waals surface area (Å²) in [5, 5.41) is 18.5. The average molecular weight is 285 g/mol. The van der Waals surface area contributed by atoms with Gasteiger partial charge in [0.2, 0.25) is 0 Å². The number of nitrogens with zero attached hydrogens (tertiary/aromatic N) is 3. The molecule has 0 aromatic rings. The number of rotatable bonds is 1. The van der Waals surface area contributed by atoms with Gasteiger partial charge in [-0.15, -0.1) is 0 Å². The number of piperazine rings is 1. The van der Waals surface area contributed by atoms with Crippen LogP contribution in [0.2, 0.25) is 0 Å². The monoisotopic (exact) mass is 285 g/mol. The molecule has 2 N–H and O–H groups in total. The largest absolute Gasteiger partial charge is 0.465 e. The first kappa shape index (κ1) is 14.4. The summed E-state index contributed by atoms with van der Waals surface area (Å²) in [4.78, 5) is 39.0. The Bertz CT molecular complexity index is 454. The van der Waals surface area contributed by atoms with E-state index in [1.807, 2.05) is 13.8 Å². The van der Waals surface area contributed by atoms with Gasteiger partial charge in [0.1, 0.15) is 5.54 Å². The molecule has 2 aliphatic rings. The quantitative estimate of drug-likeness (QED) is 0.723. The van der Waals surface area contributed by atoms with Crippen molar-refractivity contribution in [1.29, 1.82) is 0 Å². The molecule has 2 aliphatic heterocycles. The molecule has 0 radical (unpaired) electrons. The van der Waals surface area contributed by atoms with Crippen LogP contribution in [0.4, 0.5) is 9.59 Å². The molecule has 2 atom stereocenters. The summed E-state index contributed by atoms with van der Waals surface area (Å²) in [5.41, 5.74) is -1.27. The molecule has 0 aromatic carbocycles. The number of likely N-dealkylation sites (tertiary alicyclic amines) is 1. The van der Waals surface area contributed by atoms with E-state index in [2.05, 4.69) is 0 Å². The number of likely N-dealkylation sites (N-methyl/N-ethyl adjacent to an activating group) is 1. The van der Waals surface area contributed by atoms with Gasteiger partial charge in [0, 0.05) is 32.1 Å². The standard InChI is InChI=1S/C12H19N3O5/c1-3-14-8(2)6-12(9(14)16)7-13(10(17)18)4-5-15(12)11(19)20/h8H,3-7H2,1-2H3,(H,17,18)(H,19,20). The summed E-state index contributed by atoms with van der Waals surface area (Å²) in [5.74, 6) is -0.291. The summed E-state index contributed by atoms with van der Waals surface area (Å²) >= 11 is 0. The van der Waals surface area contributed by atoms with Crippen LogP contribution in [0.5, 0.6) is 0 Å². The Labute approximate surface area is 116 Å². The van der Waals surface area contributed by atoms with Crippen molar-refractivity contribution < 1.29 is 24.6 Å². The first-order valence-electron chi connectivity index (χ1n) is 6.63. The first-order chi connectivity index (χ1) is 9.33. The van der Waals surface area contributed by atoms with Gasteiger partial charge in [0.15, 0.2) is 0 Å². The fourth-order valence-electron chi connectivity index (χ4n) is 3.32. The lowest BCUT2D eigenvalue weighted by molar-refractivity contribution is -0.140. The minimum atomic E-state index is -1.27. The van der Waals surface area contributed by atoms with Crippen molar-refractivity contribution in [2.75, 3.05) is 26.2 Å². The molecule has 8 nitrogen and oxygen atoms in total. The van der Waals surface area contributed by atoms with E-state index in [1.54, 1.807) is 4.90 Å².